The van der Waals surface area contributed by atoms with Crippen molar-refractivity contribution in [2.75, 3.05) is 33.2 Å². The minimum atomic E-state index is -0.300. The topological polar surface area (TPSA) is 83.3 Å². The van der Waals surface area contributed by atoms with Crippen LogP contribution >= 0.6 is 23.2 Å². The Balaban J connectivity index is 1.57. The van der Waals surface area contributed by atoms with E-state index in [0.29, 0.717) is 51.7 Å². The molecule has 1 aliphatic heterocycles. The monoisotopic (exact) mass is 477 g/mol. The average Bonchev–Trinajstić information content (AvgIpc) is 3.09. The van der Waals surface area contributed by atoms with Gasteiger partial charge in [-0.3, -0.25) is 24.2 Å². The minimum absolute atomic E-state index is 0.105. The number of hydrogen-bond acceptors (Lipinski definition) is 4. The lowest BCUT2D eigenvalue weighted by Crippen LogP contribution is -2.47. The van der Waals surface area contributed by atoms with Crippen LogP contribution < -0.4 is 11.1 Å². The highest BCUT2D eigenvalue weighted by Crippen LogP contribution is 2.25. The van der Waals surface area contributed by atoms with Crippen LogP contribution in [0.2, 0.25) is 10.0 Å². The van der Waals surface area contributed by atoms with E-state index in [4.69, 9.17) is 23.2 Å². The van der Waals surface area contributed by atoms with Crippen molar-refractivity contribution in [2.24, 2.45) is 0 Å². The number of amides is 1. The van der Waals surface area contributed by atoms with E-state index in [-0.39, 0.29) is 17.0 Å². The quantitative estimate of drug-likeness (QED) is 0.612. The molecule has 10 heteroatoms. The molecule has 0 bridgehead atoms. The number of fused-ring (bicyclic) bond motifs is 1. The van der Waals surface area contributed by atoms with Crippen LogP contribution in [0.3, 0.4) is 0 Å². The summed E-state index contributed by atoms with van der Waals surface area (Å²) in [6.07, 6.45) is 0.900. The predicted octanol–water partition coefficient (Wildman–Crippen LogP) is 2.65. The number of carbonyl (C=O) groups excluding carboxylic acids is 1. The summed E-state index contributed by atoms with van der Waals surface area (Å²) in [7, 11) is 2.05. The normalized spacial score (nSPS) is 14.9. The van der Waals surface area contributed by atoms with Gasteiger partial charge >= 0.3 is 0 Å². The van der Waals surface area contributed by atoms with Gasteiger partial charge in [0.15, 0.2) is 0 Å². The molecule has 0 aliphatic carbocycles. The van der Waals surface area contributed by atoms with Crippen LogP contribution in [0.4, 0.5) is 0 Å². The van der Waals surface area contributed by atoms with Crippen LogP contribution in [0.1, 0.15) is 18.5 Å². The van der Waals surface area contributed by atoms with Crippen LogP contribution in [0, 0.1) is 6.92 Å². The third-order valence-corrected chi connectivity index (χ3v) is 6.76. The molecular weight excluding hydrogens is 453 g/mol. The van der Waals surface area contributed by atoms with E-state index in [1.165, 1.54) is 10.7 Å². The van der Waals surface area contributed by atoms with Crippen molar-refractivity contribution in [3.8, 4) is 5.69 Å². The summed E-state index contributed by atoms with van der Waals surface area (Å²) in [5.74, 6) is 0.105. The number of nitrogens with zero attached hydrogens (tertiary/aromatic N) is 4. The largest absolute Gasteiger partial charge is 0.340 e. The van der Waals surface area contributed by atoms with Crippen molar-refractivity contribution < 1.29 is 4.79 Å². The molecule has 0 unspecified atom stereocenters. The predicted molar refractivity (Wildman–Crippen MR) is 126 cm³/mol. The summed E-state index contributed by atoms with van der Waals surface area (Å²) in [6.45, 7) is 5.34. The van der Waals surface area contributed by atoms with E-state index in [0.717, 1.165) is 26.2 Å². The fourth-order valence-corrected chi connectivity index (χ4v) is 4.43. The van der Waals surface area contributed by atoms with Crippen LogP contribution in [-0.4, -0.2) is 63.3 Å². The number of hydrogen-bond donors (Lipinski definition) is 1. The van der Waals surface area contributed by atoms with E-state index in [2.05, 4.69) is 10.00 Å². The zero-order valence-electron chi connectivity index (χ0n) is 18.0. The second-order valence-electron chi connectivity index (χ2n) is 8.14. The van der Waals surface area contributed by atoms with Gasteiger partial charge in [-0.2, -0.15) is 0 Å². The summed E-state index contributed by atoms with van der Waals surface area (Å²) < 4.78 is 3.10. The molecule has 1 fully saturated rings. The van der Waals surface area contributed by atoms with E-state index in [9.17, 15) is 14.4 Å². The average molecular weight is 478 g/mol. The number of nitrogens with one attached hydrogen (secondary N) is 1. The van der Waals surface area contributed by atoms with Gasteiger partial charge in [0.1, 0.15) is 0 Å². The standard InChI is InChI=1S/C22H25Cl2N5O3/c1-14-21-18(29(25-22(21)32)15-5-6-16(23)17(24)12-15)13-20(31)28(14)7-3-4-19(30)27-10-8-26(2)9-11-27/h5-6,12-13H,3-4,7-11H2,1-2H3,(H,25,32). The van der Waals surface area contributed by atoms with Crippen LogP contribution in [0.15, 0.2) is 33.9 Å². The first-order valence-corrected chi connectivity index (χ1v) is 11.3. The van der Waals surface area contributed by atoms with Gasteiger partial charge in [-0.15, -0.1) is 0 Å². The lowest BCUT2D eigenvalue weighted by atomic mass is 10.2. The first-order chi connectivity index (χ1) is 15.3. The molecule has 0 atom stereocenters. The Morgan fingerprint density at radius 2 is 1.78 bits per heavy atom. The molecule has 1 N–H and O–H groups in total. The highest BCUT2D eigenvalue weighted by atomic mass is 35.5. The number of aryl methyl sites for hydroxylation is 1. The third kappa shape index (κ3) is 4.35. The smallest absolute Gasteiger partial charge is 0.274 e. The van der Waals surface area contributed by atoms with Crippen molar-refractivity contribution in [1.29, 1.82) is 0 Å². The van der Waals surface area contributed by atoms with E-state index >= 15 is 0 Å². The van der Waals surface area contributed by atoms with Crippen LogP contribution in [0.5, 0.6) is 0 Å². The van der Waals surface area contributed by atoms with Gasteiger partial charge in [0.05, 0.1) is 26.6 Å². The number of piperazine rings is 1. The minimum Gasteiger partial charge on any atom is -0.340 e. The number of aromatic amines is 1. The number of H-pyrrole nitrogens is 1. The lowest BCUT2D eigenvalue weighted by Gasteiger charge is -2.32. The van der Waals surface area contributed by atoms with Crippen molar-refractivity contribution in [2.45, 2.75) is 26.3 Å². The maximum absolute atomic E-state index is 12.9. The van der Waals surface area contributed by atoms with Crippen molar-refractivity contribution in [3.05, 3.63) is 60.7 Å². The number of rotatable bonds is 5. The third-order valence-electron chi connectivity index (χ3n) is 6.02. The summed E-state index contributed by atoms with van der Waals surface area (Å²) in [5.41, 5.74) is 1.11. The Morgan fingerprint density at radius 1 is 1.06 bits per heavy atom. The van der Waals surface area contributed by atoms with Gasteiger partial charge in [0.2, 0.25) is 5.91 Å². The Hall–Kier alpha value is -2.55. The maximum atomic E-state index is 12.9. The molecule has 32 heavy (non-hydrogen) atoms. The number of likely N-dealkylation sites (N-methyl/N-ethyl adjacent to an activating group) is 1. The number of carbonyl (C=O) groups is 1. The van der Waals surface area contributed by atoms with Crippen LogP contribution in [0.25, 0.3) is 16.6 Å². The maximum Gasteiger partial charge on any atom is 0.274 e. The molecular formula is C22H25Cl2N5O3. The number of pyridine rings is 1. The number of aromatic nitrogens is 3. The van der Waals surface area contributed by atoms with Crippen molar-refractivity contribution in [1.82, 2.24) is 24.1 Å². The molecule has 1 saturated heterocycles. The fraction of sp³-hybridized carbons (Fsp3) is 0.409. The van der Waals surface area contributed by atoms with E-state index < -0.39 is 0 Å². The van der Waals surface area contributed by atoms with Gasteiger partial charge in [-0.25, -0.2) is 0 Å². The highest BCUT2D eigenvalue weighted by Gasteiger charge is 2.19. The summed E-state index contributed by atoms with van der Waals surface area (Å²) >= 11 is 12.1. The Bertz CT molecular complexity index is 1290. The Kier molecular flexibility index (Phi) is 6.46. The molecule has 2 aromatic heterocycles. The fourth-order valence-electron chi connectivity index (χ4n) is 4.14. The lowest BCUT2D eigenvalue weighted by molar-refractivity contribution is -0.132. The Labute approximate surface area is 194 Å². The molecule has 1 aromatic carbocycles. The summed E-state index contributed by atoms with van der Waals surface area (Å²) in [5, 5.41) is 3.96. The molecule has 8 nitrogen and oxygen atoms in total. The molecule has 0 spiro atoms. The molecule has 1 amide bonds. The molecule has 170 valence electrons. The molecule has 4 rings (SSSR count). The van der Waals surface area contributed by atoms with Gasteiger partial charge in [0, 0.05) is 50.9 Å². The van der Waals surface area contributed by atoms with E-state index in [1.54, 1.807) is 29.7 Å². The molecule has 3 aromatic rings. The van der Waals surface area contributed by atoms with Crippen LogP contribution in [-0.2, 0) is 11.3 Å². The van der Waals surface area contributed by atoms with Crippen molar-refractivity contribution in [3.63, 3.8) is 0 Å². The summed E-state index contributed by atoms with van der Waals surface area (Å²) in [4.78, 5) is 42.1. The Morgan fingerprint density at radius 3 is 2.47 bits per heavy atom. The van der Waals surface area contributed by atoms with Gasteiger partial charge in [-0.05, 0) is 38.6 Å². The van der Waals surface area contributed by atoms with Crippen molar-refractivity contribution >= 4 is 40.0 Å². The molecule has 0 saturated carbocycles. The second kappa shape index (κ2) is 9.13. The van der Waals surface area contributed by atoms with E-state index in [1.807, 2.05) is 11.9 Å². The molecule has 3 heterocycles. The second-order valence-corrected chi connectivity index (χ2v) is 8.96. The molecule has 0 radical (unpaired) electrons. The van der Waals surface area contributed by atoms with Gasteiger partial charge in [0.25, 0.3) is 11.1 Å². The SMILES string of the molecule is Cc1c2c(=O)[nH]n(-c3ccc(Cl)c(Cl)c3)c2cc(=O)n1CCCC(=O)N1CCN(C)CC1. The number of halogens is 2. The zero-order chi connectivity index (χ0) is 23.0. The summed E-state index contributed by atoms with van der Waals surface area (Å²) in [6, 6.07) is 6.42. The number of benzene rings is 1. The first-order valence-electron chi connectivity index (χ1n) is 10.5. The van der Waals surface area contributed by atoms with Gasteiger partial charge < -0.3 is 14.4 Å². The highest BCUT2D eigenvalue weighted by molar-refractivity contribution is 6.42. The van der Waals surface area contributed by atoms with Gasteiger partial charge in [-0.1, -0.05) is 23.2 Å². The zero-order valence-corrected chi connectivity index (χ0v) is 19.5. The first kappa shape index (κ1) is 22.6. The molecule has 1 aliphatic rings.